The molecule has 1 aromatic carbocycles. The van der Waals surface area contributed by atoms with E-state index in [1.54, 1.807) is 13.0 Å². The number of hydrogen-bond donors (Lipinski definition) is 2. The van der Waals surface area contributed by atoms with Gasteiger partial charge in [-0.15, -0.1) is 0 Å². The number of carbonyl (C=O) groups excluding carboxylic acids is 1. The van der Waals surface area contributed by atoms with Gasteiger partial charge in [-0.25, -0.2) is 0 Å². The van der Waals surface area contributed by atoms with E-state index in [0.29, 0.717) is 37.4 Å². The molecule has 1 saturated heterocycles. The second-order valence-electron chi connectivity index (χ2n) is 7.09. The molecule has 1 aromatic heterocycles. The lowest BCUT2D eigenvalue weighted by Crippen LogP contribution is -2.50. The van der Waals surface area contributed by atoms with Gasteiger partial charge in [-0.05, 0) is 24.5 Å². The van der Waals surface area contributed by atoms with Crippen LogP contribution in [0.3, 0.4) is 0 Å². The number of benzene rings is 1. The Balaban J connectivity index is 1.62. The monoisotopic (exact) mass is 430 g/mol. The summed E-state index contributed by atoms with van der Waals surface area (Å²) in [7, 11) is 0. The van der Waals surface area contributed by atoms with E-state index in [4.69, 9.17) is 5.73 Å². The maximum absolute atomic E-state index is 12.2. The first kappa shape index (κ1) is 18.0. The molecule has 2 aliphatic rings. The van der Waals surface area contributed by atoms with Crippen molar-refractivity contribution in [3.8, 4) is 0 Å². The number of piperazine rings is 1. The lowest BCUT2D eigenvalue weighted by molar-refractivity contribution is -0.131. The van der Waals surface area contributed by atoms with Crippen LogP contribution in [0.1, 0.15) is 31.4 Å². The van der Waals surface area contributed by atoms with Crippen molar-refractivity contribution in [1.82, 2.24) is 14.9 Å². The van der Waals surface area contributed by atoms with Gasteiger partial charge in [0.15, 0.2) is 0 Å². The van der Waals surface area contributed by atoms with Gasteiger partial charge in [-0.2, -0.15) is 9.97 Å². The van der Waals surface area contributed by atoms with Gasteiger partial charge in [-0.1, -0.05) is 34.1 Å². The van der Waals surface area contributed by atoms with Crippen LogP contribution in [-0.2, 0) is 4.79 Å². The third-order valence-electron chi connectivity index (χ3n) is 5.02. The number of halogens is 1. The van der Waals surface area contributed by atoms with E-state index in [2.05, 4.69) is 42.2 Å². The highest BCUT2D eigenvalue weighted by Crippen LogP contribution is 2.33. The van der Waals surface area contributed by atoms with Crippen molar-refractivity contribution in [3.63, 3.8) is 0 Å². The van der Waals surface area contributed by atoms with Crippen molar-refractivity contribution < 1.29 is 4.79 Å². The van der Waals surface area contributed by atoms with E-state index < -0.39 is 0 Å². The van der Waals surface area contributed by atoms with Crippen LogP contribution < -0.4 is 16.0 Å². The fourth-order valence-electron chi connectivity index (χ4n) is 3.47. The van der Waals surface area contributed by atoms with Gasteiger partial charge < -0.3 is 20.9 Å². The van der Waals surface area contributed by atoms with Crippen LogP contribution in [0.15, 0.2) is 34.8 Å². The van der Waals surface area contributed by atoms with Crippen LogP contribution in [0.25, 0.3) is 0 Å². The average Bonchev–Trinajstić information content (AvgIpc) is 3.45. The highest BCUT2D eigenvalue weighted by Gasteiger charge is 2.32. The van der Waals surface area contributed by atoms with Crippen LogP contribution in [0.2, 0.25) is 0 Å². The second kappa shape index (κ2) is 7.34. The van der Waals surface area contributed by atoms with Crippen molar-refractivity contribution >= 4 is 39.4 Å². The molecule has 1 atom stereocenters. The van der Waals surface area contributed by atoms with Crippen LogP contribution in [0.5, 0.6) is 0 Å². The molecule has 27 heavy (non-hydrogen) atoms. The van der Waals surface area contributed by atoms with Crippen molar-refractivity contribution in [1.29, 1.82) is 0 Å². The third-order valence-corrected chi connectivity index (χ3v) is 5.74. The van der Waals surface area contributed by atoms with Crippen LogP contribution in [0, 0.1) is 0 Å². The Labute approximate surface area is 167 Å². The maximum Gasteiger partial charge on any atom is 0.226 e. The summed E-state index contributed by atoms with van der Waals surface area (Å²) < 4.78 is 1.00. The molecule has 1 amide bonds. The second-order valence-corrected chi connectivity index (χ2v) is 7.94. The Kier molecular flexibility index (Phi) is 4.90. The Morgan fingerprint density at radius 2 is 2.04 bits per heavy atom. The Morgan fingerprint density at radius 3 is 2.74 bits per heavy atom. The number of nitrogens with zero attached hydrogens (tertiary/aromatic N) is 4. The van der Waals surface area contributed by atoms with E-state index in [9.17, 15) is 4.79 Å². The Bertz CT molecular complexity index is 856. The number of anilines is 3. The summed E-state index contributed by atoms with van der Waals surface area (Å²) >= 11 is 3.63. The lowest BCUT2D eigenvalue weighted by Gasteiger charge is -2.42. The molecule has 142 valence electrons. The van der Waals surface area contributed by atoms with Crippen molar-refractivity contribution in [2.45, 2.75) is 31.8 Å². The zero-order valence-corrected chi connectivity index (χ0v) is 16.8. The molecule has 1 saturated carbocycles. The summed E-state index contributed by atoms with van der Waals surface area (Å²) in [6, 6.07) is 10.3. The van der Waals surface area contributed by atoms with Crippen molar-refractivity contribution in [3.05, 3.63) is 40.4 Å². The summed E-state index contributed by atoms with van der Waals surface area (Å²) in [5.74, 6) is 1.91. The molecule has 1 aliphatic carbocycles. The molecule has 1 unspecified atom stereocenters. The summed E-state index contributed by atoms with van der Waals surface area (Å²) in [6.45, 7) is 3.62. The molecule has 4 rings (SSSR count). The van der Waals surface area contributed by atoms with Gasteiger partial charge in [0.05, 0.1) is 6.04 Å². The average molecular weight is 431 g/mol. The fraction of sp³-hybridized carbons (Fsp3) is 0.421. The topological polar surface area (TPSA) is 87.4 Å². The number of nitrogen functional groups attached to an aromatic ring is 1. The highest BCUT2D eigenvalue weighted by molar-refractivity contribution is 9.10. The van der Waals surface area contributed by atoms with E-state index in [0.717, 1.165) is 28.7 Å². The van der Waals surface area contributed by atoms with E-state index >= 15 is 0 Å². The summed E-state index contributed by atoms with van der Waals surface area (Å²) in [5.41, 5.74) is 7.11. The predicted octanol–water partition coefficient (Wildman–Crippen LogP) is 2.81. The van der Waals surface area contributed by atoms with Crippen molar-refractivity contribution in [2.24, 2.45) is 0 Å². The summed E-state index contributed by atoms with van der Waals surface area (Å²) in [4.78, 5) is 25.3. The minimum absolute atomic E-state index is 0.0529. The van der Waals surface area contributed by atoms with E-state index in [1.165, 1.54) is 0 Å². The quantitative estimate of drug-likeness (QED) is 0.774. The van der Waals surface area contributed by atoms with E-state index in [1.807, 2.05) is 23.1 Å². The number of nitrogens with two attached hydrogens (primary N) is 1. The molecule has 3 N–H and O–H groups in total. The first-order valence-electron chi connectivity index (χ1n) is 9.19. The Morgan fingerprint density at radius 1 is 1.26 bits per heavy atom. The summed E-state index contributed by atoms with van der Waals surface area (Å²) in [6.07, 6.45) is 2.30. The number of aromatic nitrogens is 2. The molecule has 2 heterocycles. The normalized spacial score (nSPS) is 19.9. The smallest absolute Gasteiger partial charge is 0.226 e. The zero-order valence-electron chi connectivity index (χ0n) is 15.2. The first-order chi connectivity index (χ1) is 13.0. The number of amides is 1. The molecule has 8 heteroatoms. The predicted molar refractivity (Wildman–Crippen MR) is 110 cm³/mol. The summed E-state index contributed by atoms with van der Waals surface area (Å²) in [5, 5.41) is 3.31. The van der Waals surface area contributed by atoms with Gasteiger partial charge >= 0.3 is 0 Å². The number of rotatable bonds is 4. The van der Waals surface area contributed by atoms with Crippen molar-refractivity contribution in [2.75, 3.05) is 35.6 Å². The molecule has 7 nitrogen and oxygen atoms in total. The molecular weight excluding hydrogens is 408 g/mol. The van der Waals surface area contributed by atoms with E-state index in [-0.39, 0.29) is 11.9 Å². The molecule has 2 aromatic rings. The number of carbonyl (C=O) groups is 1. The minimum atomic E-state index is -0.0529. The van der Waals surface area contributed by atoms with Crippen LogP contribution >= 0.6 is 15.9 Å². The third kappa shape index (κ3) is 4.00. The SMILES string of the molecule is CC(=O)N1CCN(c2cc(N)nc(NC3CC3)n2)CC1c1ccccc1Br. The molecule has 0 bridgehead atoms. The van der Waals surface area contributed by atoms with Crippen LogP contribution in [0.4, 0.5) is 17.6 Å². The number of nitrogens with one attached hydrogen (secondary N) is 1. The van der Waals surface area contributed by atoms with Gasteiger partial charge in [0, 0.05) is 43.1 Å². The number of hydrogen-bond acceptors (Lipinski definition) is 6. The zero-order chi connectivity index (χ0) is 19.0. The lowest BCUT2D eigenvalue weighted by atomic mass is 10.0. The first-order valence-corrected chi connectivity index (χ1v) is 9.98. The molecule has 0 spiro atoms. The van der Waals surface area contributed by atoms with Gasteiger partial charge in [0.2, 0.25) is 11.9 Å². The van der Waals surface area contributed by atoms with Gasteiger partial charge in [-0.3, -0.25) is 4.79 Å². The van der Waals surface area contributed by atoms with Crippen LogP contribution in [-0.4, -0.2) is 46.5 Å². The van der Waals surface area contributed by atoms with Gasteiger partial charge in [0.1, 0.15) is 11.6 Å². The molecular formula is C19H23BrN6O. The maximum atomic E-state index is 12.2. The van der Waals surface area contributed by atoms with Gasteiger partial charge in [0.25, 0.3) is 0 Å². The largest absolute Gasteiger partial charge is 0.383 e. The molecule has 1 aliphatic heterocycles. The minimum Gasteiger partial charge on any atom is -0.383 e. The standard InChI is InChI=1S/C19H23BrN6O/c1-12(27)26-9-8-25(11-16(26)14-4-2-3-5-15(14)20)18-10-17(21)23-19(24-18)22-13-6-7-13/h2-5,10,13,16H,6-9,11H2,1H3,(H3,21,22,23,24). The fourth-order valence-corrected chi connectivity index (χ4v) is 4.02. The Hall–Kier alpha value is -2.35. The molecule has 2 fully saturated rings. The highest BCUT2D eigenvalue weighted by atomic mass is 79.9. The molecule has 0 radical (unpaired) electrons.